The van der Waals surface area contributed by atoms with Gasteiger partial charge < -0.3 is 50.7 Å². The monoisotopic (exact) mass is 703 g/mol. The van der Waals surface area contributed by atoms with Crippen LogP contribution >= 0.6 is 0 Å². The Hall–Kier alpha value is -0.890. The molecule has 0 radical (unpaired) electrons. The summed E-state index contributed by atoms with van der Waals surface area (Å²) < 4.78 is 11.1. The van der Waals surface area contributed by atoms with E-state index in [0.717, 1.165) is 57.3 Å². The van der Waals surface area contributed by atoms with Gasteiger partial charge in [-0.1, -0.05) is 129 Å². The number of carbonyl (C=O) groups is 1. The molecular weight excluding hydrogens is 628 g/mol. The summed E-state index contributed by atoms with van der Waals surface area (Å²) in [5, 5.41) is 68.2. The predicted molar refractivity (Wildman–Crippen MR) is 192 cm³/mol. The van der Waals surface area contributed by atoms with Crippen molar-refractivity contribution in [3.05, 3.63) is 0 Å². The Kier molecular flexibility index (Phi) is 25.0. The molecule has 11 heteroatoms. The van der Waals surface area contributed by atoms with Crippen molar-refractivity contribution >= 4 is 5.91 Å². The molecule has 1 amide bonds. The molecule has 0 saturated carbocycles. The molecule has 8 atom stereocenters. The minimum atomic E-state index is -1.60. The van der Waals surface area contributed by atoms with Gasteiger partial charge in [-0.15, -0.1) is 0 Å². The van der Waals surface area contributed by atoms with Crippen molar-refractivity contribution in [2.45, 2.75) is 204 Å². The van der Waals surface area contributed by atoms with Crippen LogP contribution in [0.25, 0.3) is 0 Å². The second kappa shape index (κ2) is 27.7. The van der Waals surface area contributed by atoms with E-state index in [1.165, 1.54) is 96.6 Å². The lowest BCUT2D eigenvalue weighted by molar-refractivity contribution is -0.303. The third-order valence-corrected chi connectivity index (χ3v) is 10.4. The van der Waals surface area contributed by atoms with Gasteiger partial charge in [0, 0.05) is 6.42 Å². The zero-order chi connectivity index (χ0) is 35.7. The number of hydrogen-bond acceptors (Lipinski definition) is 10. The molecule has 0 aromatic rings. The lowest BCUT2D eigenvalue weighted by Crippen LogP contribution is -2.60. The van der Waals surface area contributed by atoms with Crippen LogP contribution in [0.4, 0.5) is 0 Å². The number of carbonyl (C=O) groups excluding carboxylic acids is 1. The average Bonchev–Trinajstić information content (AvgIpc) is 3.07. The van der Waals surface area contributed by atoms with Crippen LogP contribution in [0.2, 0.25) is 0 Å². The van der Waals surface area contributed by atoms with Crippen molar-refractivity contribution in [3.63, 3.8) is 0 Å². The fourth-order valence-electron chi connectivity index (χ4n) is 6.87. The van der Waals surface area contributed by atoms with Gasteiger partial charge in [-0.3, -0.25) is 4.79 Å². The summed E-state index contributed by atoms with van der Waals surface area (Å²) in [6, 6.07) is -0.983. The lowest BCUT2D eigenvalue weighted by atomic mass is 9.95. The molecule has 2 aliphatic heterocycles. The van der Waals surface area contributed by atoms with E-state index in [9.17, 15) is 35.4 Å². The van der Waals surface area contributed by atoms with Gasteiger partial charge in [0.15, 0.2) is 6.29 Å². The van der Waals surface area contributed by atoms with Gasteiger partial charge in [-0.25, -0.2) is 0 Å². The highest BCUT2D eigenvalue weighted by Gasteiger charge is 2.44. The van der Waals surface area contributed by atoms with Gasteiger partial charge in [0.25, 0.3) is 0 Å². The largest absolute Gasteiger partial charge is 0.394 e. The number of aliphatic hydroxyl groups excluding tert-OH is 6. The zero-order valence-corrected chi connectivity index (χ0v) is 30.7. The fraction of sp³-hybridized carbons (Fsp3) is 0.974. The first-order valence-electron chi connectivity index (χ1n) is 20.1. The quantitative estimate of drug-likeness (QED) is 0.0488. The molecule has 0 aliphatic carbocycles. The highest BCUT2D eigenvalue weighted by molar-refractivity contribution is 5.76. The van der Waals surface area contributed by atoms with E-state index in [2.05, 4.69) is 17.6 Å². The minimum Gasteiger partial charge on any atom is -0.394 e. The van der Waals surface area contributed by atoms with Gasteiger partial charge >= 0.3 is 0 Å². The van der Waals surface area contributed by atoms with E-state index >= 15 is 0 Å². The standard InChI is InChI=1S/C38H74N2O9/c1-2-3-4-5-6-7-8-9-10-14-17-20-23-31(42)34(44)30(28-48-38-37(47)36(46)35(45)32(27-41)49-38)40-33(43)24-21-18-15-12-11-13-16-19-22-29-25-39-26-29/h29-32,34-39,41-42,44-47H,2-28H2,1H3,(H,40,43)/t30-,31+,32+,34-,35-,36-,37+,38-/m0/s1. The molecule has 2 heterocycles. The predicted octanol–water partition coefficient (Wildman–Crippen LogP) is 4.22. The van der Waals surface area contributed by atoms with Crippen LogP contribution in [0, 0.1) is 5.92 Å². The van der Waals surface area contributed by atoms with Gasteiger partial charge in [-0.2, -0.15) is 0 Å². The van der Waals surface area contributed by atoms with E-state index in [0.29, 0.717) is 6.42 Å². The minimum absolute atomic E-state index is 0.260. The number of unbranched alkanes of at least 4 members (excludes halogenated alkanes) is 18. The Labute approximate surface area is 296 Å². The van der Waals surface area contributed by atoms with Gasteiger partial charge in [0.1, 0.15) is 30.5 Å². The number of amides is 1. The summed E-state index contributed by atoms with van der Waals surface area (Å²) in [5.74, 6) is 0.623. The van der Waals surface area contributed by atoms with Crippen molar-refractivity contribution in [2.75, 3.05) is 26.3 Å². The van der Waals surface area contributed by atoms with E-state index in [4.69, 9.17) is 9.47 Å². The van der Waals surface area contributed by atoms with E-state index in [1.807, 2.05) is 0 Å². The normalized spacial score (nSPS) is 24.8. The van der Waals surface area contributed by atoms with Crippen LogP contribution in [-0.4, -0.2) is 112 Å². The molecule has 2 rings (SSSR count). The molecule has 0 aromatic heterocycles. The maximum absolute atomic E-state index is 12.9. The maximum Gasteiger partial charge on any atom is 0.220 e. The Balaban J connectivity index is 1.71. The molecule has 2 aliphatic rings. The summed E-state index contributed by atoms with van der Waals surface area (Å²) in [5.41, 5.74) is 0. The third kappa shape index (κ3) is 19.0. The second-order valence-electron chi connectivity index (χ2n) is 14.8. The topological polar surface area (TPSA) is 181 Å². The number of ether oxygens (including phenoxy) is 2. The van der Waals surface area contributed by atoms with Crippen LogP contribution in [0.3, 0.4) is 0 Å². The summed E-state index contributed by atoms with van der Waals surface area (Å²) in [4.78, 5) is 12.9. The summed E-state index contributed by atoms with van der Waals surface area (Å²) in [6.07, 6.45) is 15.7. The number of rotatable bonds is 31. The Bertz CT molecular complexity index is 803. The molecule has 0 bridgehead atoms. The van der Waals surface area contributed by atoms with Gasteiger partial charge in [-0.05, 0) is 38.3 Å². The Morgan fingerprint density at radius 3 is 1.82 bits per heavy atom. The molecule has 11 nitrogen and oxygen atoms in total. The lowest BCUT2D eigenvalue weighted by Gasteiger charge is -2.40. The first-order valence-corrected chi connectivity index (χ1v) is 20.1. The Morgan fingerprint density at radius 1 is 0.755 bits per heavy atom. The molecule has 2 saturated heterocycles. The molecule has 0 spiro atoms. The summed E-state index contributed by atoms with van der Waals surface area (Å²) in [7, 11) is 0. The van der Waals surface area contributed by atoms with Gasteiger partial charge in [0.2, 0.25) is 5.91 Å². The number of nitrogens with one attached hydrogen (secondary N) is 2. The molecule has 2 fully saturated rings. The first kappa shape index (κ1) is 44.3. The van der Waals surface area contributed by atoms with Crippen LogP contribution in [0.5, 0.6) is 0 Å². The van der Waals surface area contributed by atoms with Crippen molar-refractivity contribution in [2.24, 2.45) is 5.92 Å². The summed E-state index contributed by atoms with van der Waals surface area (Å²) >= 11 is 0. The zero-order valence-electron chi connectivity index (χ0n) is 30.7. The van der Waals surface area contributed by atoms with Crippen molar-refractivity contribution in [1.29, 1.82) is 0 Å². The Morgan fingerprint density at radius 2 is 1.29 bits per heavy atom. The van der Waals surface area contributed by atoms with Crippen molar-refractivity contribution in [1.82, 2.24) is 10.6 Å². The van der Waals surface area contributed by atoms with Crippen LogP contribution < -0.4 is 10.6 Å². The van der Waals surface area contributed by atoms with Crippen LogP contribution in [0.1, 0.15) is 155 Å². The highest BCUT2D eigenvalue weighted by Crippen LogP contribution is 2.23. The molecule has 0 aromatic carbocycles. The SMILES string of the molecule is CCCCCCCCCCCCCC[C@@H](O)[C@@H](O)[C@H](CO[C@H]1O[C@H](CO)[C@H](O)[C@H](O)[C@H]1O)NC(=O)CCCCCCCCCCC1CNC1. The van der Waals surface area contributed by atoms with Crippen molar-refractivity contribution in [3.8, 4) is 0 Å². The number of aliphatic hydroxyl groups is 6. The second-order valence-corrected chi connectivity index (χ2v) is 14.8. The average molecular weight is 703 g/mol. The van der Waals surface area contributed by atoms with E-state index in [1.54, 1.807) is 0 Å². The smallest absolute Gasteiger partial charge is 0.220 e. The van der Waals surface area contributed by atoms with Crippen LogP contribution in [0.15, 0.2) is 0 Å². The van der Waals surface area contributed by atoms with Crippen LogP contribution in [-0.2, 0) is 14.3 Å². The molecular formula is C38H74N2O9. The van der Waals surface area contributed by atoms with Crippen molar-refractivity contribution < 1.29 is 44.9 Å². The third-order valence-electron chi connectivity index (χ3n) is 10.4. The maximum atomic E-state index is 12.9. The van der Waals surface area contributed by atoms with E-state index < -0.39 is 55.6 Å². The number of hydrogen-bond donors (Lipinski definition) is 8. The molecule has 8 N–H and O–H groups in total. The fourth-order valence-corrected chi connectivity index (χ4v) is 6.87. The first-order chi connectivity index (χ1) is 23.8. The summed E-state index contributed by atoms with van der Waals surface area (Å²) in [6.45, 7) is 3.70. The van der Waals surface area contributed by atoms with E-state index in [-0.39, 0.29) is 18.9 Å². The molecule has 49 heavy (non-hydrogen) atoms. The molecule has 290 valence electrons. The van der Waals surface area contributed by atoms with Gasteiger partial charge in [0.05, 0.1) is 25.4 Å². The highest BCUT2D eigenvalue weighted by atomic mass is 16.7. The molecule has 0 unspecified atom stereocenters.